The third-order valence-corrected chi connectivity index (χ3v) is 3.10. The molecule has 11 heteroatoms. The van der Waals surface area contributed by atoms with Crippen LogP contribution in [0.4, 0.5) is 26.3 Å². The summed E-state index contributed by atoms with van der Waals surface area (Å²) in [7, 11) is 0. The minimum Gasteiger partial charge on any atom is -0.293 e. The van der Waals surface area contributed by atoms with Gasteiger partial charge in [-0.05, 0) is 11.6 Å². The second-order valence-corrected chi connectivity index (χ2v) is 5.33. The van der Waals surface area contributed by atoms with Crippen LogP contribution >= 0.6 is 34.8 Å². The van der Waals surface area contributed by atoms with Crippen LogP contribution in [0.15, 0.2) is 30.3 Å². The van der Waals surface area contributed by atoms with Crippen molar-refractivity contribution in [3.8, 4) is 0 Å². The van der Waals surface area contributed by atoms with Crippen molar-refractivity contribution in [3.63, 3.8) is 0 Å². The normalized spacial score (nSPS) is 9.52. The fraction of sp³-hybridized carbons (Fsp3) is 0.125. The zero-order chi connectivity index (χ0) is 21.1. The molecule has 0 radical (unpaired) electrons. The van der Waals surface area contributed by atoms with Gasteiger partial charge in [0.1, 0.15) is 34.9 Å². The third kappa shape index (κ3) is 10.2. The van der Waals surface area contributed by atoms with Gasteiger partial charge in [-0.1, -0.05) is 0 Å². The molecule has 0 N–H and O–H groups in total. The summed E-state index contributed by atoms with van der Waals surface area (Å²) < 4.78 is 73.8. The van der Waals surface area contributed by atoms with Crippen molar-refractivity contribution in [3.05, 3.63) is 70.8 Å². The van der Waals surface area contributed by atoms with Crippen LogP contribution in [0.3, 0.4) is 0 Å². The monoisotopic (exact) mass is 452 g/mol. The van der Waals surface area contributed by atoms with E-state index in [0.717, 1.165) is 0 Å². The van der Waals surface area contributed by atoms with Gasteiger partial charge >= 0.3 is 0 Å². The van der Waals surface area contributed by atoms with Gasteiger partial charge in [-0.3, -0.25) is 9.59 Å². The minimum absolute atomic E-state index is 0.0957. The molecule has 0 amide bonds. The number of hydrogen-bond donors (Lipinski definition) is 0. The Hall–Kier alpha value is -1.77. The molecule has 0 saturated heterocycles. The van der Waals surface area contributed by atoms with Crippen LogP contribution < -0.4 is 0 Å². The Morgan fingerprint density at radius 1 is 0.667 bits per heavy atom. The molecule has 0 aliphatic heterocycles. The molecule has 0 unspecified atom stereocenters. The quantitative estimate of drug-likeness (QED) is 0.262. The molecule has 2 rings (SSSR count). The van der Waals surface area contributed by atoms with E-state index in [0.29, 0.717) is 30.3 Å². The lowest BCUT2D eigenvalue weighted by Crippen LogP contribution is -2.07. The van der Waals surface area contributed by atoms with E-state index in [1.54, 1.807) is 0 Å². The largest absolute Gasteiger partial charge is 0.293 e. The van der Waals surface area contributed by atoms with Crippen LogP contribution in [0.5, 0.6) is 0 Å². The van der Waals surface area contributed by atoms with E-state index >= 15 is 0 Å². The molecule has 0 spiro atoms. The number of ketones is 1. The first-order valence-electron chi connectivity index (χ1n) is 6.61. The number of rotatable bonds is 3. The van der Waals surface area contributed by atoms with E-state index in [4.69, 9.17) is 34.8 Å². The highest BCUT2D eigenvalue weighted by Crippen LogP contribution is 2.15. The average molecular weight is 454 g/mol. The number of hydrogen-bond acceptors (Lipinski definition) is 2. The van der Waals surface area contributed by atoms with E-state index in [9.17, 15) is 35.9 Å². The summed E-state index contributed by atoms with van der Waals surface area (Å²) in [5, 5.41) is -0.508. The molecule has 0 fully saturated rings. The lowest BCUT2D eigenvalue weighted by molar-refractivity contribution is -0.109. The maximum Gasteiger partial charge on any atom is 0.236 e. The molecule has 0 saturated carbocycles. The predicted octanol–water partition coefficient (Wildman–Crippen LogP) is 5.62. The molecular weight excluding hydrogens is 445 g/mol. The number of halogens is 9. The number of benzene rings is 2. The first-order valence-corrected chi connectivity index (χ1v) is 8.06. The Balaban J connectivity index is 0.000000419. The molecule has 0 heterocycles. The topological polar surface area (TPSA) is 34.1 Å². The molecule has 0 aromatic heterocycles. The second kappa shape index (κ2) is 12.6. The maximum atomic E-state index is 12.8. The molecule has 0 aliphatic rings. The molecule has 0 aliphatic carbocycles. The number of carbonyl (C=O) groups excluding carboxylic acids is 2. The van der Waals surface area contributed by atoms with Crippen LogP contribution in [0.1, 0.15) is 10.4 Å². The van der Waals surface area contributed by atoms with Crippen molar-refractivity contribution >= 4 is 45.8 Å². The lowest BCUT2D eigenvalue weighted by atomic mass is 10.1. The van der Waals surface area contributed by atoms with Gasteiger partial charge in [-0.15, -0.1) is 23.2 Å². The highest BCUT2D eigenvalue weighted by Gasteiger charge is 2.17. The Morgan fingerprint density at radius 3 is 1.22 bits per heavy atom. The molecule has 0 bridgehead atoms. The van der Waals surface area contributed by atoms with Crippen molar-refractivity contribution in [1.82, 2.24) is 0 Å². The molecule has 2 aromatic carbocycles. The predicted molar refractivity (Wildman–Crippen MR) is 89.3 cm³/mol. The van der Waals surface area contributed by atoms with Gasteiger partial charge in [0, 0.05) is 30.3 Å². The fourth-order valence-electron chi connectivity index (χ4n) is 1.40. The van der Waals surface area contributed by atoms with Crippen LogP contribution in [-0.4, -0.2) is 22.8 Å². The zero-order valence-corrected chi connectivity index (χ0v) is 15.3. The highest BCUT2D eigenvalue weighted by atomic mass is 35.5. The van der Waals surface area contributed by atoms with E-state index < -0.39 is 57.4 Å². The van der Waals surface area contributed by atoms with Crippen LogP contribution in [-0.2, 0) is 4.79 Å². The summed E-state index contributed by atoms with van der Waals surface area (Å²) in [5.41, 5.74) is -0.795. The van der Waals surface area contributed by atoms with Crippen LogP contribution in [0, 0.1) is 34.9 Å². The molecular formula is C16H9Cl3F6O2. The fourth-order valence-corrected chi connectivity index (χ4v) is 1.53. The van der Waals surface area contributed by atoms with Gasteiger partial charge in [0.25, 0.3) is 0 Å². The lowest BCUT2D eigenvalue weighted by Gasteiger charge is -2.01. The van der Waals surface area contributed by atoms with Gasteiger partial charge in [-0.25, -0.2) is 26.3 Å². The summed E-state index contributed by atoms with van der Waals surface area (Å²) in [6, 6.07) is 2.71. The Bertz CT molecular complexity index is 728. The zero-order valence-electron chi connectivity index (χ0n) is 13.0. The third-order valence-electron chi connectivity index (χ3n) is 2.34. The Kier molecular flexibility index (Phi) is 11.8. The van der Waals surface area contributed by atoms with Gasteiger partial charge in [0.05, 0.1) is 17.3 Å². The SMILES string of the molecule is Fc1cc(F)cc(F)c1.O=C(CCl)c1c(F)cc(F)cc1F.O=C(Cl)CCl. The van der Waals surface area contributed by atoms with Crippen molar-refractivity contribution in [2.24, 2.45) is 0 Å². The van der Waals surface area contributed by atoms with Gasteiger partial charge < -0.3 is 0 Å². The molecule has 2 nitrogen and oxygen atoms in total. The molecule has 148 valence electrons. The number of alkyl halides is 2. The number of Topliss-reactive ketones (excluding diaryl/α,β-unsaturated/α-hetero) is 1. The molecule has 2 aromatic rings. The van der Waals surface area contributed by atoms with Crippen molar-refractivity contribution < 1.29 is 35.9 Å². The van der Waals surface area contributed by atoms with Crippen LogP contribution in [0.25, 0.3) is 0 Å². The van der Waals surface area contributed by atoms with Crippen molar-refractivity contribution in [2.75, 3.05) is 11.8 Å². The minimum atomic E-state index is -1.23. The second-order valence-electron chi connectivity index (χ2n) is 4.38. The average Bonchev–Trinajstić information content (AvgIpc) is 2.53. The van der Waals surface area contributed by atoms with Gasteiger partial charge in [-0.2, -0.15) is 0 Å². The highest BCUT2D eigenvalue weighted by molar-refractivity contribution is 6.67. The first kappa shape index (κ1) is 25.2. The van der Waals surface area contributed by atoms with E-state index in [1.165, 1.54) is 0 Å². The summed E-state index contributed by atoms with van der Waals surface area (Å²) in [6.07, 6.45) is 0. The van der Waals surface area contributed by atoms with Gasteiger partial charge in [0.2, 0.25) is 5.24 Å². The summed E-state index contributed by atoms with van der Waals surface area (Å²) >= 11 is 14.6. The Labute approximate surface area is 164 Å². The summed E-state index contributed by atoms with van der Waals surface area (Å²) in [5.74, 6) is -7.77. The first-order chi connectivity index (χ1) is 12.5. The molecule has 27 heavy (non-hydrogen) atoms. The smallest absolute Gasteiger partial charge is 0.236 e. The van der Waals surface area contributed by atoms with Crippen LogP contribution in [0.2, 0.25) is 0 Å². The summed E-state index contributed by atoms with van der Waals surface area (Å²) in [6.45, 7) is 0. The standard InChI is InChI=1S/C8H4ClF3O.C6H3F3.C2H2Cl2O/c9-3-7(13)8-5(11)1-4(10)2-6(8)12;7-4-1-5(8)3-6(9)2-4;3-1-2(4)5/h1-2H,3H2;1-3H;1H2. The number of carbonyl (C=O) groups is 2. The van der Waals surface area contributed by atoms with E-state index in [1.807, 2.05) is 0 Å². The maximum absolute atomic E-state index is 12.8. The molecule has 0 atom stereocenters. The van der Waals surface area contributed by atoms with Crippen molar-refractivity contribution in [2.45, 2.75) is 0 Å². The van der Waals surface area contributed by atoms with Crippen molar-refractivity contribution in [1.29, 1.82) is 0 Å². The Morgan fingerprint density at radius 2 is 0.963 bits per heavy atom. The van der Waals surface area contributed by atoms with Gasteiger partial charge in [0.15, 0.2) is 5.78 Å². The van der Waals surface area contributed by atoms with E-state index in [-0.39, 0.29) is 5.88 Å². The summed E-state index contributed by atoms with van der Waals surface area (Å²) in [4.78, 5) is 20.3. The van der Waals surface area contributed by atoms with E-state index in [2.05, 4.69) is 0 Å².